The van der Waals surface area contributed by atoms with Gasteiger partial charge in [0.1, 0.15) is 12.0 Å². The predicted octanol–water partition coefficient (Wildman–Crippen LogP) is 12.9. The van der Waals surface area contributed by atoms with Gasteiger partial charge in [0.05, 0.1) is 11.0 Å². The van der Waals surface area contributed by atoms with Crippen molar-refractivity contribution >= 4 is 33.5 Å². The number of nitrogens with one attached hydrogen (secondary N) is 1. The highest BCUT2D eigenvalue weighted by Gasteiger charge is 2.37. The normalized spacial score (nSPS) is 15.4. The minimum absolute atomic E-state index is 0.120. The van der Waals surface area contributed by atoms with Gasteiger partial charge in [-0.25, -0.2) is 9.98 Å². The van der Waals surface area contributed by atoms with E-state index in [2.05, 4.69) is 194 Å². The molecule has 9 aromatic rings. The minimum atomic E-state index is -0.279. The number of nitrogens with zero attached hydrogens (tertiary/aromatic N) is 3. The molecule has 0 saturated heterocycles. The van der Waals surface area contributed by atoms with Crippen molar-refractivity contribution in [3.05, 3.63) is 222 Å². The van der Waals surface area contributed by atoms with Crippen LogP contribution in [0.1, 0.15) is 47.8 Å². The molecule has 11 rings (SSSR count). The Labute approximate surface area is 338 Å². The Morgan fingerprint density at radius 3 is 1.95 bits per heavy atom. The van der Waals surface area contributed by atoms with Gasteiger partial charge in [0, 0.05) is 33.0 Å². The van der Waals surface area contributed by atoms with Gasteiger partial charge in [0.25, 0.3) is 0 Å². The van der Waals surface area contributed by atoms with Crippen molar-refractivity contribution in [3.8, 4) is 39.1 Å². The van der Waals surface area contributed by atoms with Crippen molar-refractivity contribution in [2.45, 2.75) is 25.4 Å². The van der Waals surface area contributed by atoms with Crippen molar-refractivity contribution in [1.29, 1.82) is 0 Å². The molecule has 8 aromatic carbocycles. The molecule has 1 aromatic heterocycles. The second-order valence-corrected chi connectivity index (χ2v) is 15.9. The van der Waals surface area contributed by atoms with Crippen LogP contribution in [0.15, 0.2) is 204 Å². The average molecular weight is 745 g/mol. The maximum absolute atomic E-state index is 5.24. The van der Waals surface area contributed by atoms with Gasteiger partial charge in [-0.15, -0.1) is 0 Å². The summed E-state index contributed by atoms with van der Waals surface area (Å²) in [6.07, 6.45) is -0.279. The number of fused-ring (bicyclic) bond motifs is 6. The maximum Gasteiger partial charge on any atom is 0.159 e. The van der Waals surface area contributed by atoms with Crippen LogP contribution in [-0.2, 0) is 5.41 Å². The minimum Gasteiger partial charge on any atom is -0.344 e. The topological polar surface area (TPSA) is 41.7 Å². The largest absolute Gasteiger partial charge is 0.344 e. The molecule has 1 atom stereocenters. The first-order valence-corrected chi connectivity index (χ1v) is 20.0. The molecule has 58 heavy (non-hydrogen) atoms. The van der Waals surface area contributed by atoms with Crippen LogP contribution < -0.4 is 5.32 Å². The molecular formula is C54H40N4. The zero-order chi connectivity index (χ0) is 38.8. The van der Waals surface area contributed by atoms with Crippen LogP contribution in [-0.4, -0.2) is 16.2 Å². The number of aromatic nitrogens is 1. The first kappa shape index (κ1) is 34.0. The second kappa shape index (κ2) is 13.4. The van der Waals surface area contributed by atoms with E-state index in [9.17, 15) is 0 Å². The molecule has 1 aliphatic heterocycles. The second-order valence-electron chi connectivity index (χ2n) is 15.9. The summed E-state index contributed by atoms with van der Waals surface area (Å²) >= 11 is 0. The lowest BCUT2D eigenvalue weighted by molar-refractivity contribution is 0.662. The molecule has 4 nitrogen and oxygen atoms in total. The summed E-state index contributed by atoms with van der Waals surface area (Å²) in [6, 6.07) is 69.7. The smallest absolute Gasteiger partial charge is 0.159 e. The molecular weight excluding hydrogens is 705 g/mol. The lowest BCUT2D eigenvalue weighted by Crippen LogP contribution is -2.33. The summed E-state index contributed by atoms with van der Waals surface area (Å²) in [7, 11) is 0. The molecule has 4 heteroatoms. The van der Waals surface area contributed by atoms with E-state index in [0.717, 1.165) is 39.2 Å². The van der Waals surface area contributed by atoms with Gasteiger partial charge in [0.2, 0.25) is 0 Å². The lowest BCUT2D eigenvalue weighted by Gasteiger charge is -2.24. The van der Waals surface area contributed by atoms with Crippen LogP contribution >= 0.6 is 0 Å². The molecule has 276 valence electrons. The van der Waals surface area contributed by atoms with Crippen molar-refractivity contribution in [2.75, 3.05) is 0 Å². The fourth-order valence-corrected chi connectivity index (χ4v) is 9.28. The fraction of sp³-hybridized carbons (Fsp3) is 0.0741. The van der Waals surface area contributed by atoms with E-state index in [4.69, 9.17) is 9.98 Å². The zero-order valence-electron chi connectivity index (χ0n) is 32.4. The van der Waals surface area contributed by atoms with Crippen LogP contribution in [0.4, 0.5) is 0 Å². The van der Waals surface area contributed by atoms with E-state index in [1.165, 1.54) is 55.3 Å². The number of rotatable bonds is 6. The molecule has 0 fully saturated rings. The predicted molar refractivity (Wildman–Crippen MR) is 241 cm³/mol. The highest BCUT2D eigenvalue weighted by molar-refractivity contribution is 6.16. The van der Waals surface area contributed by atoms with E-state index in [-0.39, 0.29) is 11.6 Å². The van der Waals surface area contributed by atoms with Crippen molar-refractivity contribution in [2.24, 2.45) is 9.98 Å². The Bertz CT molecular complexity index is 3100. The van der Waals surface area contributed by atoms with Gasteiger partial charge < -0.3 is 9.88 Å². The molecule has 0 saturated carbocycles. The van der Waals surface area contributed by atoms with Crippen molar-refractivity contribution < 1.29 is 0 Å². The number of amidine groups is 2. The summed E-state index contributed by atoms with van der Waals surface area (Å²) in [5.74, 6) is 1.51. The molecule has 1 N–H and O–H groups in total. The Morgan fingerprint density at radius 2 is 1.14 bits per heavy atom. The van der Waals surface area contributed by atoms with Gasteiger partial charge in [-0.05, 0) is 80.4 Å². The highest BCUT2D eigenvalue weighted by atomic mass is 15.2. The molecule has 0 amide bonds. The lowest BCUT2D eigenvalue weighted by atomic mass is 9.79. The summed E-state index contributed by atoms with van der Waals surface area (Å²) in [5, 5.41) is 6.00. The molecule has 0 radical (unpaired) electrons. The van der Waals surface area contributed by atoms with E-state index < -0.39 is 0 Å². The average Bonchev–Trinajstić information content (AvgIpc) is 3.74. The number of hydrogen-bond acceptors (Lipinski definition) is 3. The van der Waals surface area contributed by atoms with Crippen molar-refractivity contribution in [1.82, 2.24) is 9.88 Å². The molecule has 0 spiro atoms. The Kier molecular flexibility index (Phi) is 7.87. The maximum atomic E-state index is 5.24. The van der Waals surface area contributed by atoms with Gasteiger partial charge in [0.15, 0.2) is 5.84 Å². The third-order valence-electron chi connectivity index (χ3n) is 12.0. The Hall–Kier alpha value is -7.30. The van der Waals surface area contributed by atoms with Gasteiger partial charge in [-0.2, -0.15) is 0 Å². The molecule has 1 unspecified atom stereocenters. The first-order chi connectivity index (χ1) is 28.5. The quantitative estimate of drug-likeness (QED) is 0.181. The highest BCUT2D eigenvalue weighted by Crippen LogP contribution is 2.52. The van der Waals surface area contributed by atoms with Gasteiger partial charge >= 0.3 is 0 Å². The van der Waals surface area contributed by atoms with E-state index >= 15 is 0 Å². The Balaban J connectivity index is 1.12. The van der Waals surface area contributed by atoms with Crippen LogP contribution in [0.3, 0.4) is 0 Å². The molecule has 0 bridgehead atoms. The first-order valence-electron chi connectivity index (χ1n) is 20.0. The van der Waals surface area contributed by atoms with E-state index in [0.29, 0.717) is 5.84 Å². The SMILES string of the molecule is CC1(C)c2ccccc2-c2cccc(-c3ccc4c(c3)c3ccc(C5=NC(c6ccccc6)NC(c6ccccc6)=N5)cc3n4-c3cccc(-c4ccccc4)c3)c21. The van der Waals surface area contributed by atoms with Gasteiger partial charge in [-0.3, -0.25) is 0 Å². The Morgan fingerprint density at radius 1 is 0.483 bits per heavy atom. The summed E-state index contributed by atoms with van der Waals surface area (Å²) in [5.41, 5.74) is 16.6. The van der Waals surface area contributed by atoms with E-state index in [1.807, 2.05) is 24.3 Å². The number of aliphatic imine (C=N–C) groups is 2. The number of hydrogen-bond donors (Lipinski definition) is 1. The third-order valence-corrected chi connectivity index (χ3v) is 12.0. The number of benzene rings is 8. The standard InChI is InChI=1S/C54H40N4/c1-54(2)47-27-13-12-24-43(47)45-26-15-25-42(50(45)54)39-29-31-48-46(33-39)44-30-28-40(34-49(44)58(48)41-23-14-22-38(32-41)35-16-6-3-7-17-35)53-56-51(36-18-8-4-9-19-36)55-52(57-53)37-20-10-5-11-21-37/h3-34,51H,1-2H3,(H,55,56,57). The molecule has 1 aliphatic carbocycles. The van der Waals surface area contributed by atoms with Crippen LogP contribution in [0.5, 0.6) is 0 Å². The summed E-state index contributed by atoms with van der Waals surface area (Å²) in [6.45, 7) is 4.73. The summed E-state index contributed by atoms with van der Waals surface area (Å²) in [4.78, 5) is 10.4. The van der Waals surface area contributed by atoms with Gasteiger partial charge in [-0.1, -0.05) is 178 Å². The fourth-order valence-electron chi connectivity index (χ4n) is 9.28. The zero-order valence-corrected chi connectivity index (χ0v) is 32.4. The van der Waals surface area contributed by atoms with Crippen LogP contribution in [0.2, 0.25) is 0 Å². The summed E-state index contributed by atoms with van der Waals surface area (Å²) < 4.78 is 2.41. The third kappa shape index (κ3) is 5.52. The van der Waals surface area contributed by atoms with Crippen LogP contribution in [0, 0.1) is 0 Å². The molecule has 2 aliphatic rings. The van der Waals surface area contributed by atoms with Crippen LogP contribution in [0.25, 0.3) is 60.9 Å². The monoisotopic (exact) mass is 744 g/mol. The van der Waals surface area contributed by atoms with Crippen molar-refractivity contribution in [3.63, 3.8) is 0 Å². The van der Waals surface area contributed by atoms with E-state index in [1.54, 1.807) is 0 Å². The molecule has 2 heterocycles.